The second-order valence-electron chi connectivity index (χ2n) is 7.33. The summed E-state index contributed by atoms with van der Waals surface area (Å²) in [5, 5.41) is 5.21. The number of benzene rings is 1. The first-order chi connectivity index (χ1) is 13.8. The number of imide groups is 1. The number of ether oxygens (including phenoxy) is 1. The Morgan fingerprint density at radius 2 is 1.76 bits per heavy atom. The van der Waals surface area contributed by atoms with Gasteiger partial charge in [0, 0.05) is 30.2 Å². The fraction of sp³-hybridized carbons (Fsp3) is 0.500. The molecule has 158 valence electrons. The summed E-state index contributed by atoms with van der Waals surface area (Å²) in [5.41, 5.74) is 0.544. The number of carbonyl (C=O) groups excluding carboxylic acids is 4. The molecule has 0 saturated carbocycles. The van der Waals surface area contributed by atoms with Crippen LogP contribution < -0.4 is 10.6 Å². The van der Waals surface area contributed by atoms with E-state index >= 15 is 0 Å². The van der Waals surface area contributed by atoms with E-state index in [9.17, 15) is 19.2 Å². The maximum Gasteiger partial charge on any atom is 0.321 e. The van der Waals surface area contributed by atoms with Gasteiger partial charge in [0.15, 0.2) is 6.61 Å². The Balaban J connectivity index is 1.71. The van der Waals surface area contributed by atoms with E-state index in [0.29, 0.717) is 43.1 Å². The van der Waals surface area contributed by atoms with Crippen LogP contribution in [-0.4, -0.2) is 55.0 Å². The molecule has 0 aromatic heterocycles. The third-order valence-corrected chi connectivity index (χ3v) is 4.73. The normalized spacial score (nSPS) is 14.4. The number of nitrogens with one attached hydrogen (secondary N) is 2. The first kappa shape index (κ1) is 22.7. The zero-order valence-corrected chi connectivity index (χ0v) is 17.3. The monoisotopic (exact) mass is 423 g/mol. The van der Waals surface area contributed by atoms with Gasteiger partial charge in [-0.1, -0.05) is 25.4 Å². The predicted molar refractivity (Wildman–Crippen MR) is 107 cm³/mol. The first-order valence-corrected chi connectivity index (χ1v) is 9.93. The molecule has 29 heavy (non-hydrogen) atoms. The lowest BCUT2D eigenvalue weighted by molar-refractivity contribution is -0.153. The summed E-state index contributed by atoms with van der Waals surface area (Å²) in [6.07, 6.45) is 0.906. The number of amides is 4. The largest absolute Gasteiger partial charge is 0.455 e. The fourth-order valence-electron chi connectivity index (χ4n) is 2.85. The highest BCUT2D eigenvalue weighted by Gasteiger charge is 2.29. The van der Waals surface area contributed by atoms with Gasteiger partial charge in [0.25, 0.3) is 11.8 Å². The molecule has 1 saturated heterocycles. The third-order valence-electron chi connectivity index (χ3n) is 4.48. The highest BCUT2D eigenvalue weighted by Crippen LogP contribution is 2.21. The smallest absolute Gasteiger partial charge is 0.321 e. The Hall–Kier alpha value is -2.61. The van der Waals surface area contributed by atoms with Crippen LogP contribution in [0.5, 0.6) is 0 Å². The van der Waals surface area contributed by atoms with E-state index in [1.54, 1.807) is 29.2 Å². The van der Waals surface area contributed by atoms with Crippen LogP contribution in [0.1, 0.15) is 37.0 Å². The van der Waals surface area contributed by atoms with E-state index in [4.69, 9.17) is 16.3 Å². The minimum atomic E-state index is -0.685. The van der Waals surface area contributed by atoms with Crippen LogP contribution in [0.4, 0.5) is 4.79 Å². The molecule has 0 atom stereocenters. The summed E-state index contributed by atoms with van der Waals surface area (Å²) < 4.78 is 5.01. The molecule has 1 aliphatic heterocycles. The molecule has 0 spiro atoms. The highest BCUT2D eigenvalue weighted by molar-refractivity contribution is 6.30. The van der Waals surface area contributed by atoms with Crippen molar-refractivity contribution in [3.63, 3.8) is 0 Å². The van der Waals surface area contributed by atoms with E-state index in [2.05, 4.69) is 10.6 Å². The van der Waals surface area contributed by atoms with Crippen LogP contribution in [0.2, 0.25) is 5.02 Å². The zero-order valence-electron chi connectivity index (χ0n) is 16.6. The number of urea groups is 1. The van der Waals surface area contributed by atoms with Crippen LogP contribution in [-0.2, 0) is 14.3 Å². The van der Waals surface area contributed by atoms with Gasteiger partial charge in [0.05, 0.1) is 5.92 Å². The minimum absolute atomic E-state index is 0.111. The van der Waals surface area contributed by atoms with E-state index < -0.39 is 24.5 Å². The molecule has 0 unspecified atom stereocenters. The number of halogens is 1. The number of rotatable bonds is 6. The van der Waals surface area contributed by atoms with Crippen LogP contribution in [0.25, 0.3) is 0 Å². The number of esters is 1. The first-order valence-electron chi connectivity index (χ1n) is 9.55. The van der Waals surface area contributed by atoms with Gasteiger partial charge >= 0.3 is 12.0 Å². The Morgan fingerprint density at radius 3 is 2.34 bits per heavy atom. The second kappa shape index (κ2) is 10.8. The van der Waals surface area contributed by atoms with Crippen molar-refractivity contribution >= 4 is 35.4 Å². The molecule has 8 nitrogen and oxygen atoms in total. The summed E-state index contributed by atoms with van der Waals surface area (Å²) >= 11 is 5.84. The molecule has 1 aromatic carbocycles. The van der Waals surface area contributed by atoms with Crippen molar-refractivity contribution in [1.82, 2.24) is 15.5 Å². The average Bonchev–Trinajstić information content (AvgIpc) is 2.70. The molecule has 0 bridgehead atoms. The average molecular weight is 424 g/mol. The highest BCUT2D eigenvalue weighted by atomic mass is 35.5. The molecule has 4 amide bonds. The van der Waals surface area contributed by atoms with E-state index in [1.807, 2.05) is 13.8 Å². The molecule has 2 rings (SSSR count). The summed E-state index contributed by atoms with van der Waals surface area (Å²) in [7, 11) is 0. The van der Waals surface area contributed by atoms with Gasteiger partial charge in [0.1, 0.15) is 0 Å². The Labute approximate surface area is 174 Å². The van der Waals surface area contributed by atoms with Gasteiger partial charge in [0.2, 0.25) is 0 Å². The SMILES string of the molecule is CC(C)CNC(=O)NC(=O)COC(=O)C1CCN(C(=O)c2ccc(Cl)cc2)CC1. The molecule has 9 heteroatoms. The van der Waals surface area contributed by atoms with Crippen LogP contribution in [0.3, 0.4) is 0 Å². The fourth-order valence-corrected chi connectivity index (χ4v) is 2.98. The van der Waals surface area contributed by atoms with E-state index in [-0.39, 0.29) is 17.7 Å². The van der Waals surface area contributed by atoms with Crippen molar-refractivity contribution in [1.29, 1.82) is 0 Å². The van der Waals surface area contributed by atoms with Gasteiger partial charge in [-0.3, -0.25) is 19.7 Å². The van der Waals surface area contributed by atoms with E-state index in [0.717, 1.165) is 0 Å². The summed E-state index contributed by atoms with van der Waals surface area (Å²) in [6, 6.07) is 6.04. The van der Waals surface area contributed by atoms with Crippen LogP contribution in [0, 0.1) is 11.8 Å². The molecule has 0 radical (unpaired) electrons. The number of hydrogen-bond donors (Lipinski definition) is 2. The van der Waals surface area contributed by atoms with Crippen LogP contribution >= 0.6 is 11.6 Å². The maximum atomic E-state index is 12.5. The lowest BCUT2D eigenvalue weighted by atomic mass is 9.96. The van der Waals surface area contributed by atoms with Gasteiger partial charge in [-0.25, -0.2) is 4.79 Å². The summed E-state index contributed by atoms with van der Waals surface area (Å²) in [6.45, 7) is 4.62. The van der Waals surface area contributed by atoms with Gasteiger partial charge in [-0.05, 0) is 43.0 Å². The Bertz CT molecular complexity index is 743. The topological polar surface area (TPSA) is 105 Å². The van der Waals surface area contributed by atoms with E-state index in [1.165, 1.54) is 0 Å². The summed E-state index contributed by atoms with van der Waals surface area (Å²) in [4.78, 5) is 49.5. The van der Waals surface area contributed by atoms with Crippen LogP contribution in [0.15, 0.2) is 24.3 Å². The van der Waals surface area contributed by atoms with Crippen molar-refractivity contribution in [3.05, 3.63) is 34.9 Å². The minimum Gasteiger partial charge on any atom is -0.455 e. The van der Waals surface area contributed by atoms with Crippen molar-refractivity contribution in [2.24, 2.45) is 11.8 Å². The molecule has 1 fully saturated rings. The molecular weight excluding hydrogens is 398 g/mol. The predicted octanol–water partition coefficient (Wildman–Crippen LogP) is 2.22. The number of nitrogens with zero attached hydrogens (tertiary/aromatic N) is 1. The standard InChI is InChI=1S/C20H26ClN3O5/c1-13(2)11-22-20(28)23-17(25)12-29-19(27)15-7-9-24(10-8-15)18(26)14-3-5-16(21)6-4-14/h3-6,13,15H,7-12H2,1-2H3,(H2,22,23,25,28). The molecule has 1 aromatic rings. The van der Waals surface area contributed by atoms with Crippen molar-refractivity contribution in [2.75, 3.05) is 26.2 Å². The lowest BCUT2D eigenvalue weighted by Crippen LogP contribution is -2.43. The number of carbonyl (C=O) groups is 4. The maximum absolute atomic E-state index is 12.5. The quantitative estimate of drug-likeness (QED) is 0.682. The number of hydrogen-bond acceptors (Lipinski definition) is 5. The number of piperidine rings is 1. The Morgan fingerprint density at radius 1 is 1.14 bits per heavy atom. The van der Waals surface area contributed by atoms with Gasteiger partial charge in [-0.15, -0.1) is 0 Å². The zero-order chi connectivity index (χ0) is 21.4. The summed E-state index contributed by atoms with van der Waals surface area (Å²) in [5.74, 6) is -1.42. The van der Waals surface area contributed by atoms with Crippen molar-refractivity contribution in [3.8, 4) is 0 Å². The molecule has 0 aliphatic carbocycles. The number of likely N-dealkylation sites (tertiary alicyclic amines) is 1. The molecular formula is C20H26ClN3O5. The lowest BCUT2D eigenvalue weighted by Gasteiger charge is -2.31. The Kier molecular flexibility index (Phi) is 8.45. The molecule has 1 heterocycles. The molecule has 2 N–H and O–H groups in total. The van der Waals surface area contributed by atoms with Gasteiger partial charge in [-0.2, -0.15) is 0 Å². The third kappa shape index (κ3) is 7.38. The molecule has 1 aliphatic rings. The van der Waals surface area contributed by atoms with Crippen molar-refractivity contribution < 1.29 is 23.9 Å². The second-order valence-corrected chi connectivity index (χ2v) is 7.77. The van der Waals surface area contributed by atoms with Gasteiger partial charge < -0.3 is 15.0 Å². The van der Waals surface area contributed by atoms with Crippen molar-refractivity contribution in [2.45, 2.75) is 26.7 Å².